The lowest BCUT2D eigenvalue weighted by molar-refractivity contribution is -0.149. The van der Waals surface area contributed by atoms with Gasteiger partial charge >= 0.3 is 5.97 Å². The maximum absolute atomic E-state index is 11.4. The van der Waals surface area contributed by atoms with E-state index in [-0.39, 0.29) is 19.1 Å². The lowest BCUT2D eigenvalue weighted by Crippen LogP contribution is -2.26. The molecule has 0 spiro atoms. The number of aliphatic carboxylic acids is 1. The molecule has 1 unspecified atom stereocenters. The first kappa shape index (κ1) is 24.6. The molecule has 0 saturated carbocycles. The van der Waals surface area contributed by atoms with Gasteiger partial charge in [-0.3, -0.25) is 4.98 Å². The van der Waals surface area contributed by atoms with Crippen molar-refractivity contribution >= 4 is 28.5 Å². The van der Waals surface area contributed by atoms with E-state index in [1.165, 1.54) is 0 Å². The first-order valence-corrected chi connectivity index (χ1v) is 11.1. The van der Waals surface area contributed by atoms with Gasteiger partial charge in [-0.1, -0.05) is 11.6 Å². The third kappa shape index (κ3) is 6.49. The van der Waals surface area contributed by atoms with E-state index in [4.69, 9.17) is 30.5 Å². The number of methoxy groups -OCH3 is 1. The molecule has 7 nitrogen and oxygen atoms in total. The van der Waals surface area contributed by atoms with E-state index in [9.17, 15) is 9.90 Å². The highest BCUT2D eigenvalue weighted by molar-refractivity contribution is 6.30. The van der Waals surface area contributed by atoms with Crippen LogP contribution < -0.4 is 14.2 Å². The lowest BCUT2D eigenvalue weighted by Gasteiger charge is -2.18. The molecule has 0 aliphatic heterocycles. The van der Waals surface area contributed by atoms with Crippen LogP contribution >= 0.6 is 11.6 Å². The predicted molar refractivity (Wildman–Crippen MR) is 127 cm³/mol. The fourth-order valence-corrected chi connectivity index (χ4v) is 3.66. The van der Waals surface area contributed by atoms with Gasteiger partial charge in [0.2, 0.25) is 0 Å². The molecule has 3 aromatic rings. The zero-order valence-electron chi connectivity index (χ0n) is 19.1. The summed E-state index contributed by atoms with van der Waals surface area (Å²) in [6, 6.07) is 10.8. The maximum atomic E-state index is 11.4. The van der Waals surface area contributed by atoms with Gasteiger partial charge in [0.15, 0.2) is 6.10 Å². The van der Waals surface area contributed by atoms with Gasteiger partial charge in [0, 0.05) is 29.6 Å². The number of hydrogen-bond donors (Lipinski definition) is 1. The topological polar surface area (TPSA) is 87.1 Å². The Morgan fingerprint density at radius 2 is 1.94 bits per heavy atom. The number of fused-ring (bicyclic) bond motifs is 1. The Labute approximate surface area is 198 Å². The fourth-order valence-electron chi connectivity index (χ4n) is 3.41. The van der Waals surface area contributed by atoms with Crippen molar-refractivity contribution in [1.29, 1.82) is 0 Å². The molecule has 0 aliphatic rings. The van der Waals surface area contributed by atoms with E-state index in [0.717, 1.165) is 16.5 Å². The number of pyridine rings is 1. The lowest BCUT2D eigenvalue weighted by atomic mass is 10.1. The number of carboxylic acid groups (broad SMARTS) is 1. The molecule has 3 rings (SSSR count). The summed E-state index contributed by atoms with van der Waals surface area (Å²) in [7, 11) is 1.61. The van der Waals surface area contributed by atoms with Gasteiger partial charge in [-0.2, -0.15) is 0 Å². The molecule has 8 heteroatoms. The summed E-state index contributed by atoms with van der Waals surface area (Å²) < 4.78 is 22.8. The largest absolute Gasteiger partial charge is 0.497 e. The van der Waals surface area contributed by atoms with Crippen molar-refractivity contribution in [2.24, 2.45) is 0 Å². The van der Waals surface area contributed by atoms with Crippen molar-refractivity contribution in [3.63, 3.8) is 0 Å². The summed E-state index contributed by atoms with van der Waals surface area (Å²) in [5.74, 6) is 0.878. The molecule has 1 atom stereocenters. The van der Waals surface area contributed by atoms with Gasteiger partial charge in [0.25, 0.3) is 0 Å². The number of ether oxygens (including phenoxy) is 4. The molecule has 0 bridgehead atoms. The third-order valence-corrected chi connectivity index (χ3v) is 5.06. The van der Waals surface area contributed by atoms with E-state index in [1.807, 2.05) is 32.0 Å². The maximum Gasteiger partial charge on any atom is 0.333 e. The molecule has 0 saturated heterocycles. The SMILES string of the molecule is CCOC(Cc1cc(Cl)cc(OCc2cnc3ccc(OC)cc3c2OC(C)C)c1)C(=O)O. The number of carboxylic acids is 1. The summed E-state index contributed by atoms with van der Waals surface area (Å²) in [6.45, 7) is 6.16. The van der Waals surface area contributed by atoms with E-state index >= 15 is 0 Å². The molecule has 1 N–H and O–H groups in total. The van der Waals surface area contributed by atoms with Crippen molar-refractivity contribution in [3.05, 3.63) is 58.7 Å². The van der Waals surface area contributed by atoms with Crippen LogP contribution in [0.25, 0.3) is 10.9 Å². The number of rotatable bonds is 11. The zero-order chi connectivity index (χ0) is 24.0. The standard InChI is InChI=1S/C25H28ClNO6/c1-5-31-23(25(28)29)10-16-8-18(26)11-20(9-16)32-14-17-13-27-22-7-6-19(30-4)12-21(22)24(17)33-15(2)3/h6-9,11-13,15,23H,5,10,14H2,1-4H3,(H,28,29). The first-order chi connectivity index (χ1) is 15.8. The summed E-state index contributed by atoms with van der Waals surface area (Å²) in [4.78, 5) is 16.0. The Balaban J connectivity index is 1.87. The highest BCUT2D eigenvalue weighted by Gasteiger charge is 2.19. The highest BCUT2D eigenvalue weighted by Crippen LogP contribution is 2.33. The first-order valence-electron chi connectivity index (χ1n) is 10.7. The average molecular weight is 474 g/mol. The van der Waals surface area contributed by atoms with Crippen molar-refractivity contribution in [2.45, 2.75) is 46.0 Å². The molecule has 33 heavy (non-hydrogen) atoms. The van der Waals surface area contributed by atoms with E-state index < -0.39 is 12.1 Å². The summed E-state index contributed by atoms with van der Waals surface area (Å²) in [5, 5.41) is 10.6. The molecule has 1 heterocycles. The van der Waals surface area contributed by atoms with Crippen molar-refractivity contribution in [3.8, 4) is 17.2 Å². The van der Waals surface area contributed by atoms with Crippen LogP contribution in [0.2, 0.25) is 5.02 Å². The Kier molecular flexibility index (Phi) is 8.36. The van der Waals surface area contributed by atoms with E-state index in [0.29, 0.717) is 34.4 Å². The Bertz CT molecular complexity index is 1120. The van der Waals surface area contributed by atoms with Crippen LogP contribution in [0.15, 0.2) is 42.6 Å². The van der Waals surface area contributed by atoms with Crippen molar-refractivity contribution < 1.29 is 28.8 Å². The van der Waals surface area contributed by atoms with Crippen molar-refractivity contribution in [1.82, 2.24) is 4.98 Å². The predicted octanol–water partition coefficient (Wildman–Crippen LogP) is 5.30. The van der Waals surface area contributed by atoms with Crippen LogP contribution in [0.3, 0.4) is 0 Å². The summed E-state index contributed by atoms with van der Waals surface area (Å²) in [6.07, 6.45) is 0.906. The van der Waals surface area contributed by atoms with Gasteiger partial charge in [-0.05, 0) is 62.7 Å². The summed E-state index contributed by atoms with van der Waals surface area (Å²) in [5.41, 5.74) is 2.26. The zero-order valence-corrected chi connectivity index (χ0v) is 19.9. The minimum atomic E-state index is -1.02. The summed E-state index contributed by atoms with van der Waals surface area (Å²) >= 11 is 6.26. The molecule has 176 valence electrons. The number of halogens is 1. The number of nitrogens with zero attached hydrogens (tertiary/aromatic N) is 1. The van der Waals surface area contributed by atoms with Crippen molar-refractivity contribution in [2.75, 3.05) is 13.7 Å². The molecule has 2 aromatic carbocycles. The van der Waals surface area contributed by atoms with Crippen LogP contribution in [0, 0.1) is 0 Å². The second-order valence-electron chi connectivity index (χ2n) is 7.73. The number of aromatic nitrogens is 1. The Hall–Kier alpha value is -3.03. The van der Waals surface area contributed by atoms with Gasteiger partial charge < -0.3 is 24.1 Å². The number of carbonyl (C=O) groups is 1. The molecule has 1 aromatic heterocycles. The van der Waals surface area contributed by atoms with E-state index in [2.05, 4.69) is 4.98 Å². The second kappa shape index (κ2) is 11.2. The van der Waals surface area contributed by atoms with Gasteiger partial charge in [0.1, 0.15) is 23.9 Å². The van der Waals surface area contributed by atoms with Crippen LogP contribution in [-0.2, 0) is 22.6 Å². The average Bonchev–Trinajstić information content (AvgIpc) is 2.77. The van der Waals surface area contributed by atoms with Gasteiger partial charge in [0.05, 0.1) is 24.3 Å². The molecule has 0 amide bonds. The molecule has 0 fully saturated rings. The van der Waals surface area contributed by atoms with Gasteiger partial charge in [-0.15, -0.1) is 0 Å². The minimum Gasteiger partial charge on any atom is -0.497 e. The quantitative estimate of drug-likeness (QED) is 0.404. The Morgan fingerprint density at radius 3 is 2.61 bits per heavy atom. The van der Waals surface area contributed by atoms with Crippen LogP contribution in [0.5, 0.6) is 17.2 Å². The smallest absolute Gasteiger partial charge is 0.333 e. The number of hydrogen-bond acceptors (Lipinski definition) is 6. The molecule has 0 aliphatic carbocycles. The van der Waals surface area contributed by atoms with Crippen LogP contribution in [0.1, 0.15) is 31.9 Å². The normalized spacial score (nSPS) is 12.1. The van der Waals surface area contributed by atoms with Gasteiger partial charge in [-0.25, -0.2) is 4.79 Å². The van der Waals surface area contributed by atoms with Crippen LogP contribution in [0.4, 0.5) is 0 Å². The highest BCUT2D eigenvalue weighted by atomic mass is 35.5. The minimum absolute atomic E-state index is 0.0511. The third-order valence-electron chi connectivity index (χ3n) is 4.84. The molecular formula is C25H28ClNO6. The molecule has 0 radical (unpaired) electrons. The monoisotopic (exact) mass is 473 g/mol. The Morgan fingerprint density at radius 1 is 1.15 bits per heavy atom. The van der Waals surface area contributed by atoms with E-state index in [1.54, 1.807) is 38.4 Å². The molecular weight excluding hydrogens is 446 g/mol. The number of benzene rings is 2. The van der Waals surface area contributed by atoms with Crippen LogP contribution in [-0.4, -0.2) is 42.0 Å². The fraction of sp³-hybridized carbons (Fsp3) is 0.360. The second-order valence-corrected chi connectivity index (χ2v) is 8.17.